The number of nitrogens with one attached hydrogen (secondary N) is 1. The van der Waals surface area contributed by atoms with E-state index < -0.39 is 0 Å². The molecular formula is C39H50N8. The molecule has 8 heteroatoms. The van der Waals surface area contributed by atoms with Gasteiger partial charge in [-0.1, -0.05) is 121 Å². The Hall–Kier alpha value is -4.59. The molecule has 0 spiro atoms. The molecule has 3 N–H and O–H groups in total. The van der Waals surface area contributed by atoms with Crippen LogP contribution >= 0.6 is 0 Å². The molecular weight excluding hydrogens is 580 g/mol. The molecule has 0 fully saturated rings. The Morgan fingerprint density at radius 2 is 1.19 bits per heavy atom. The number of rotatable bonds is 14. The largest absolute Gasteiger partial charge is 0.381 e. The van der Waals surface area contributed by atoms with E-state index in [2.05, 4.69) is 71.8 Å². The maximum absolute atomic E-state index is 5.98. The van der Waals surface area contributed by atoms with Crippen molar-refractivity contribution in [2.75, 3.05) is 17.6 Å². The van der Waals surface area contributed by atoms with Gasteiger partial charge in [0.2, 0.25) is 0 Å². The van der Waals surface area contributed by atoms with Crippen LogP contribution in [0.15, 0.2) is 78.9 Å². The first-order valence-corrected chi connectivity index (χ1v) is 17.5. The van der Waals surface area contributed by atoms with Crippen LogP contribution in [0.4, 0.5) is 11.6 Å². The van der Waals surface area contributed by atoms with Gasteiger partial charge >= 0.3 is 0 Å². The smallest absolute Gasteiger partial charge is 0.198 e. The molecule has 246 valence electrons. The van der Waals surface area contributed by atoms with E-state index in [1.165, 1.54) is 44.9 Å². The molecule has 3 aromatic heterocycles. The molecule has 6 rings (SSSR count). The van der Waals surface area contributed by atoms with E-state index in [4.69, 9.17) is 20.7 Å². The molecule has 0 saturated heterocycles. The molecule has 0 aliphatic carbocycles. The number of para-hydroxylation sites is 4. The van der Waals surface area contributed by atoms with Gasteiger partial charge < -0.3 is 15.6 Å². The fourth-order valence-electron chi connectivity index (χ4n) is 5.98. The standard InChI is InChI=1S/C23H26N4.C16H24N4/c1-3-5-11-17(4-2)16-27-22(18-12-7-6-8-13-18)26-21-23(27)25-20-15-10-9-14-19(20)24-21;1-3-5-8-12(4-2)11-18-16-15(17)19-13-9-6-7-10-14(13)20-16/h6-10,12-15,17H,3-5,11,16H2,1-2H3;6-7,9-10,12H,3-5,8,11H2,1-2H3,(H2,17,19)(H,18,20). The lowest BCUT2D eigenvalue weighted by Gasteiger charge is -2.17. The SMILES string of the molecule is CCCCC(CC)CNc1nc2ccccc2nc1N.CCCCC(CC)Cn1c(-c2ccccc2)nc2nc3ccccc3nc21. The monoisotopic (exact) mass is 630 g/mol. The van der Waals surface area contributed by atoms with Crippen LogP contribution in [0.1, 0.15) is 79.1 Å². The maximum atomic E-state index is 5.98. The van der Waals surface area contributed by atoms with Crippen LogP contribution in [0, 0.1) is 11.8 Å². The van der Waals surface area contributed by atoms with E-state index in [1.807, 2.05) is 54.6 Å². The second-order valence-electron chi connectivity index (χ2n) is 12.4. The number of imidazole rings is 1. The van der Waals surface area contributed by atoms with Gasteiger partial charge in [-0.15, -0.1) is 0 Å². The van der Waals surface area contributed by atoms with Gasteiger partial charge in [-0.05, 0) is 48.9 Å². The van der Waals surface area contributed by atoms with Crippen LogP contribution in [0.2, 0.25) is 0 Å². The number of hydrogen-bond acceptors (Lipinski definition) is 7. The normalized spacial score (nSPS) is 12.6. The second-order valence-corrected chi connectivity index (χ2v) is 12.4. The number of benzene rings is 3. The van der Waals surface area contributed by atoms with Gasteiger partial charge in [-0.2, -0.15) is 0 Å². The lowest BCUT2D eigenvalue weighted by molar-refractivity contribution is 0.396. The van der Waals surface area contributed by atoms with Crippen molar-refractivity contribution in [2.24, 2.45) is 11.8 Å². The van der Waals surface area contributed by atoms with Crippen LogP contribution in [0.25, 0.3) is 44.7 Å². The highest BCUT2D eigenvalue weighted by Gasteiger charge is 2.19. The van der Waals surface area contributed by atoms with Crippen molar-refractivity contribution in [3.8, 4) is 11.4 Å². The van der Waals surface area contributed by atoms with Gasteiger partial charge in [0.05, 0.1) is 22.1 Å². The Morgan fingerprint density at radius 1 is 0.638 bits per heavy atom. The minimum absolute atomic E-state index is 0.481. The van der Waals surface area contributed by atoms with E-state index >= 15 is 0 Å². The highest BCUT2D eigenvalue weighted by Crippen LogP contribution is 2.27. The number of fused-ring (bicyclic) bond motifs is 3. The summed E-state index contributed by atoms with van der Waals surface area (Å²) in [4.78, 5) is 23.6. The minimum atomic E-state index is 0.481. The molecule has 0 saturated carbocycles. The molecule has 0 aliphatic heterocycles. The third-order valence-corrected chi connectivity index (χ3v) is 8.97. The van der Waals surface area contributed by atoms with Crippen molar-refractivity contribution in [3.63, 3.8) is 0 Å². The zero-order valence-electron chi connectivity index (χ0n) is 28.5. The molecule has 6 aromatic rings. The first kappa shape index (κ1) is 33.8. The summed E-state index contributed by atoms with van der Waals surface area (Å²) in [5, 5.41) is 3.37. The van der Waals surface area contributed by atoms with Crippen molar-refractivity contribution in [3.05, 3.63) is 78.9 Å². The predicted octanol–water partition coefficient (Wildman–Crippen LogP) is 9.70. The van der Waals surface area contributed by atoms with Crippen molar-refractivity contribution >= 4 is 45.0 Å². The summed E-state index contributed by atoms with van der Waals surface area (Å²) in [7, 11) is 0. The number of unbranched alkanes of at least 4 members (excludes halogenated alkanes) is 2. The van der Waals surface area contributed by atoms with E-state index in [1.54, 1.807) is 0 Å². The van der Waals surface area contributed by atoms with Gasteiger partial charge in [0.25, 0.3) is 0 Å². The van der Waals surface area contributed by atoms with Gasteiger partial charge in [0.1, 0.15) is 5.82 Å². The van der Waals surface area contributed by atoms with Crippen LogP contribution < -0.4 is 11.1 Å². The molecule has 3 aromatic carbocycles. The van der Waals surface area contributed by atoms with Crippen LogP contribution in [-0.4, -0.2) is 36.0 Å². The van der Waals surface area contributed by atoms with Gasteiger partial charge in [-0.25, -0.2) is 24.9 Å². The number of nitrogens with zero attached hydrogens (tertiary/aromatic N) is 6. The van der Waals surface area contributed by atoms with E-state index in [-0.39, 0.29) is 0 Å². The first-order chi connectivity index (χ1) is 23.0. The average Bonchev–Trinajstić information content (AvgIpc) is 3.46. The summed E-state index contributed by atoms with van der Waals surface area (Å²) >= 11 is 0. The molecule has 47 heavy (non-hydrogen) atoms. The van der Waals surface area contributed by atoms with Crippen molar-refractivity contribution in [1.29, 1.82) is 0 Å². The summed E-state index contributed by atoms with van der Waals surface area (Å²) in [6, 6.07) is 26.2. The van der Waals surface area contributed by atoms with Crippen molar-refractivity contribution in [2.45, 2.75) is 85.6 Å². The summed E-state index contributed by atoms with van der Waals surface area (Å²) in [6.07, 6.45) is 9.84. The minimum Gasteiger partial charge on any atom is -0.381 e. The highest BCUT2D eigenvalue weighted by atomic mass is 15.2. The molecule has 0 radical (unpaired) electrons. The fourth-order valence-corrected chi connectivity index (χ4v) is 5.98. The summed E-state index contributed by atoms with van der Waals surface area (Å²) < 4.78 is 2.29. The Morgan fingerprint density at radius 3 is 1.81 bits per heavy atom. The lowest BCUT2D eigenvalue weighted by atomic mass is 9.99. The molecule has 0 amide bonds. The number of nitrogens with two attached hydrogens (primary N) is 1. The Labute approximate surface area is 279 Å². The average molecular weight is 631 g/mol. The van der Waals surface area contributed by atoms with Crippen LogP contribution in [0.3, 0.4) is 0 Å². The van der Waals surface area contributed by atoms with E-state index in [9.17, 15) is 0 Å². The third-order valence-electron chi connectivity index (χ3n) is 8.97. The van der Waals surface area contributed by atoms with Gasteiger partial charge in [-0.3, -0.25) is 0 Å². The zero-order chi connectivity index (χ0) is 33.0. The number of hydrogen-bond donors (Lipinski definition) is 2. The molecule has 0 aliphatic rings. The van der Waals surface area contributed by atoms with E-state index in [0.29, 0.717) is 23.5 Å². The fraction of sp³-hybridized carbons (Fsp3) is 0.410. The molecule has 2 atom stereocenters. The van der Waals surface area contributed by atoms with Crippen molar-refractivity contribution in [1.82, 2.24) is 29.5 Å². The third kappa shape index (κ3) is 8.61. The highest BCUT2D eigenvalue weighted by molar-refractivity contribution is 5.85. The first-order valence-electron chi connectivity index (χ1n) is 17.5. The van der Waals surface area contributed by atoms with Gasteiger partial charge in [0.15, 0.2) is 22.9 Å². The topological polar surface area (TPSA) is 107 Å². The van der Waals surface area contributed by atoms with Gasteiger partial charge in [0, 0.05) is 18.7 Å². The van der Waals surface area contributed by atoms with E-state index in [0.717, 1.165) is 64.3 Å². The molecule has 0 bridgehead atoms. The summed E-state index contributed by atoms with van der Waals surface area (Å²) in [6.45, 7) is 10.8. The molecule has 8 nitrogen and oxygen atoms in total. The zero-order valence-corrected chi connectivity index (χ0v) is 28.5. The van der Waals surface area contributed by atoms with Crippen LogP contribution in [-0.2, 0) is 6.54 Å². The van der Waals surface area contributed by atoms with Crippen molar-refractivity contribution < 1.29 is 0 Å². The second kappa shape index (κ2) is 16.8. The predicted molar refractivity (Wildman–Crippen MR) is 197 cm³/mol. The maximum Gasteiger partial charge on any atom is 0.198 e. The summed E-state index contributed by atoms with van der Waals surface area (Å²) in [5.41, 5.74) is 12.3. The Kier molecular flexibility index (Phi) is 12.1. The molecule has 2 unspecified atom stereocenters. The number of nitrogen functional groups attached to an aromatic ring is 1. The van der Waals surface area contributed by atoms with Crippen LogP contribution in [0.5, 0.6) is 0 Å². The Bertz CT molecular complexity index is 1850. The lowest BCUT2D eigenvalue weighted by Crippen LogP contribution is -2.16. The Balaban J connectivity index is 0.000000194. The number of anilines is 2. The quantitative estimate of drug-likeness (QED) is 0.123. The molecule has 3 heterocycles. The summed E-state index contributed by atoms with van der Waals surface area (Å²) in [5.74, 6) is 3.45. The number of aromatic nitrogens is 6.